The van der Waals surface area contributed by atoms with E-state index in [0.29, 0.717) is 34.8 Å². The van der Waals surface area contributed by atoms with E-state index < -0.39 is 0 Å². The van der Waals surface area contributed by atoms with Gasteiger partial charge >= 0.3 is 0 Å². The Morgan fingerprint density at radius 3 is 2.35 bits per heavy atom. The molecule has 2 aromatic carbocycles. The highest BCUT2D eigenvalue weighted by molar-refractivity contribution is 5.83. The molecule has 198 valence electrons. The third-order valence-corrected chi connectivity index (χ3v) is 8.39. The number of benzene rings is 2. The monoisotopic (exact) mass is 525 g/mol. The van der Waals surface area contributed by atoms with Gasteiger partial charge in [0.2, 0.25) is 0 Å². The standard InChI is InChI=1S/C33H31N7/c1-22(2)24-8-10-25(11-9-24)30-21-40-33(27(15-34)17-36-40)32(37-30)26-12-13-31(35-16-26)38-19-28-14-29(20-38)39(28)18-23-6-4-3-5-7-23/h3-13,16-17,21-22,28-29H,14,18-20H2,1-2H3. The molecule has 3 aliphatic rings. The summed E-state index contributed by atoms with van der Waals surface area (Å²) in [5.74, 6) is 1.45. The van der Waals surface area contributed by atoms with E-state index in [1.807, 2.05) is 12.4 Å². The lowest BCUT2D eigenvalue weighted by Gasteiger charge is -2.56. The molecule has 0 amide bonds. The molecular formula is C33H31N7. The van der Waals surface area contributed by atoms with E-state index in [0.717, 1.165) is 42.3 Å². The van der Waals surface area contributed by atoms with Crippen LogP contribution in [0.15, 0.2) is 85.3 Å². The van der Waals surface area contributed by atoms with Crippen molar-refractivity contribution in [1.82, 2.24) is 24.5 Å². The zero-order valence-electron chi connectivity index (χ0n) is 22.8. The van der Waals surface area contributed by atoms with Gasteiger partial charge < -0.3 is 4.90 Å². The Hall–Kier alpha value is -4.54. The number of aromatic nitrogens is 4. The van der Waals surface area contributed by atoms with Crippen molar-refractivity contribution in [2.45, 2.75) is 44.8 Å². The smallest absolute Gasteiger partial charge is 0.128 e. The molecule has 2 unspecified atom stereocenters. The van der Waals surface area contributed by atoms with Crippen LogP contribution in [0.25, 0.3) is 28.0 Å². The molecule has 0 aliphatic carbocycles. The van der Waals surface area contributed by atoms with Crippen molar-refractivity contribution in [3.05, 3.63) is 102 Å². The molecule has 0 radical (unpaired) electrons. The van der Waals surface area contributed by atoms with Crippen LogP contribution in [0.1, 0.15) is 42.9 Å². The molecule has 0 spiro atoms. The summed E-state index contributed by atoms with van der Waals surface area (Å²) in [5.41, 5.74) is 7.28. The predicted molar refractivity (Wildman–Crippen MR) is 157 cm³/mol. The van der Waals surface area contributed by atoms with Gasteiger partial charge in [-0.1, -0.05) is 68.4 Å². The second-order valence-corrected chi connectivity index (χ2v) is 11.2. The van der Waals surface area contributed by atoms with Gasteiger partial charge in [-0.2, -0.15) is 10.4 Å². The average molecular weight is 526 g/mol. The van der Waals surface area contributed by atoms with Crippen LogP contribution in [0.4, 0.5) is 5.82 Å². The fourth-order valence-electron chi connectivity index (χ4n) is 6.12. The first-order valence-corrected chi connectivity index (χ1v) is 14.0. The van der Waals surface area contributed by atoms with E-state index in [4.69, 9.17) is 9.97 Å². The summed E-state index contributed by atoms with van der Waals surface area (Å²) in [6.45, 7) is 7.37. The number of piperidine rings is 1. The molecular weight excluding hydrogens is 494 g/mol. The van der Waals surface area contributed by atoms with Crippen LogP contribution >= 0.6 is 0 Å². The largest absolute Gasteiger partial charge is 0.353 e. The number of pyridine rings is 1. The number of anilines is 1. The Bertz CT molecular complexity index is 1690. The minimum Gasteiger partial charge on any atom is -0.353 e. The SMILES string of the molecule is CC(C)c1ccc(-c2cn3ncc(C#N)c3c(-c3ccc(N4CC5CC(C4)N5Cc4ccccc4)nc3)n2)cc1. The van der Waals surface area contributed by atoms with Crippen molar-refractivity contribution in [2.24, 2.45) is 0 Å². The molecule has 3 saturated heterocycles. The van der Waals surface area contributed by atoms with Gasteiger partial charge in [-0.05, 0) is 35.6 Å². The van der Waals surface area contributed by atoms with Crippen molar-refractivity contribution in [3.8, 4) is 28.6 Å². The fourth-order valence-corrected chi connectivity index (χ4v) is 6.12. The number of piperazine rings is 1. The maximum absolute atomic E-state index is 9.77. The third kappa shape index (κ3) is 4.31. The van der Waals surface area contributed by atoms with Crippen LogP contribution in [0, 0.1) is 11.3 Å². The first-order chi connectivity index (χ1) is 19.6. The van der Waals surface area contributed by atoms with Gasteiger partial charge in [0.1, 0.15) is 23.0 Å². The van der Waals surface area contributed by atoms with Gasteiger partial charge in [-0.25, -0.2) is 14.5 Å². The molecule has 0 N–H and O–H groups in total. The predicted octanol–water partition coefficient (Wildman–Crippen LogP) is 5.92. The van der Waals surface area contributed by atoms with Crippen LogP contribution in [-0.2, 0) is 6.54 Å². The topological polar surface area (TPSA) is 73.4 Å². The summed E-state index contributed by atoms with van der Waals surface area (Å²) in [5, 5.41) is 14.2. The quantitative estimate of drug-likeness (QED) is 0.274. The van der Waals surface area contributed by atoms with Crippen LogP contribution in [0.5, 0.6) is 0 Å². The molecule has 3 fully saturated rings. The first-order valence-electron chi connectivity index (χ1n) is 14.0. The highest BCUT2D eigenvalue weighted by Gasteiger charge is 2.44. The van der Waals surface area contributed by atoms with E-state index in [9.17, 15) is 5.26 Å². The number of hydrogen-bond acceptors (Lipinski definition) is 6. The number of hydrogen-bond donors (Lipinski definition) is 0. The molecule has 3 aliphatic heterocycles. The van der Waals surface area contributed by atoms with Crippen molar-refractivity contribution < 1.29 is 0 Å². The van der Waals surface area contributed by atoms with Crippen LogP contribution in [-0.4, -0.2) is 49.7 Å². The molecule has 7 nitrogen and oxygen atoms in total. The lowest BCUT2D eigenvalue weighted by molar-refractivity contribution is -0.00867. The van der Waals surface area contributed by atoms with Crippen LogP contribution in [0.3, 0.4) is 0 Å². The van der Waals surface area contributed by atoms with Gasteiger partial charge in [0, 0.05) is 49.0 Å². The zero-order valence-corrected chi connectivity index (χ0v) is 22.8. The maximum atomic E-state index is 9.77. The lowest BCUT2D eigenvalue weighted by Crippen LogP contribution is -2.68. The Kier molecular flexibility index (Phi) is 6.06. The summed E-state index contributed by atoms with van der Waals surface area (Å²) >= 11 is 0. The molecule has 8 rings (SSSR count). The Morgan fingerprint density at radius 2 is 1.68 bits per heavy atom. The van der Waals surface area contributed by atoms with E-state index in [2.05, 4.69) is 102 Å². The number of fused-ring (bicyclic) bond motifs is 3. The second kappa shape index (κ2) is 9.89. The van der Waals surface area contributed by atoms with Gasteiger partial charge in [0.25, 0.3) is 0 Å². The van der Waals surface area contributed by atoms with Crippen LogP contribution in [0.2, 0.25) is 0 Å². The van der Waals surface area contributed by atoms with E-state index in [1.54, 1.807) is 10.7 Å². The Morgan fingerprint density at radius 1 is 0.925 bits per heavy atom. The first kappa shape index (κ1) is 24.5. The highest BCUT2D eigenvalue weighted by atomic mass is 15.4. The van der Waals surface area contributed by atoms with Gasteiger partial charge in [-0.3, -0.25) is 4.90 Å². The molecule has 0 saturated carbocycles. The molecule has 5 aromatic rings. The van der Waals surface area contributed by atoms with Crippen molar-refractivity contribution >= 4 is 11.3 Å². The van der Waals surface area contributed by atoms with Crippen molar-refractivity contribution in [3.63, 3.8) is 0 Å². The van der Waals surface area contributed by atoms with E-state index in [1.165, 1.54) is 17.5 Å². The Labute approximate surface area is 234 Å². The second-order valence-electron chi connectivity index (χ2n) is 11.2. The van der Waals surface area contributed by atoms with Gasteiger partial charge in [-0.15, -0.1) is 0 Å². The van der Waals surface area contributed by atoms with E-state index >= 15 is 0 Å². The van der Waals surface area contributed by atoms with Crippen LogP contribution < -0.4 is 4.90 Å². The molecule has 40 heavy (non-hydrogen) atoms. The minimum absolute atomic E-state index is 0.465. The maximum Gasteiger partial charge on any atom is 0.128 e. The summed E-state index contributed by atoms with van der Waals surface area (Å²) in [6.07, 6.45) is 6.65. The minimum atomic E-state index is 0.465. The number of nitrogens with zero attached hydrogens (tertiary/aromatic N) is 7. The van der Waals surface area contributed by atoms with Gasteiger partial charge in [0.05, 0.1) is 23.8 Å². The third-order valence-electron chi connectivity index (χ3n) is 8.39. The number of nitriles is 1. The summed E-state index contributed by atoms with van der Waals surface area (Å²) in [4.78, 5) is 14.9. The normalized spacial score (nSPS) is 18.6. The zero-order chi connectivity index (χ0) is 27.2. The molecule has 3 aromatic heterocycles. The number of rotatable bonds is 6. The summed E-state index contributed by atoms with van der Waals surface area (Å²) in [7, 11) is 0. The lowest BCUT2D eigenvalue weighted by atomic mass is 9.86. The van der Waals surface area contributed by atoms with Gasteiger partial charge in [0.15, 0.2) is 0 Å². The van der Waals surface area contributed by atoms with Crippen molar-refractivity contribution in [2.75, 3.05) is 18.0 Å². The summed E-state index contributed by atoms with van der Waals surface area (Å²) < 4.78 is 1.76. The van der Waals surface area contributed by atoms with E-state index in [-0.39, 0.29) is 0 Å². The highest BCUT2D eigenvalue weighted by Crippen LogP contribution is 2.36. The summed E-state index contributed by atoms with van der Waals surface area (Å²) in [6, 6.07) is 26.8. The molecule has 2 atom stereocenters. The average Bonchev–Trinajstić information content (AvgIpc) is 3.43. The fraction of sp³-hybridized carbons (Fsp3) is 0.273. The molecule has 2 bridgehead atoms. The molecule has 6 heterocycles. The van der Waals surface area contributed by atoms with Crippen molar-refractivity contribution in [1.29, 1.82) is 5.26 Å². The molecule has 7 heteroatoms. The Balaban J connectivity index is 1.16.